The van der Waals surface area contributed by atoms with Crippen molar-refractivity contribution in [3.05, 3.63) is 71.7 Å². The molecule has 0 saturated heterocycles. The van der Waals surface area contributed by atoms with Crippen molar-refractivity contribution < 1.29 is 10.0 Å². The zero-order chi connectivity index (χ0) is 17.5. The average Bonchev–Trinajstić information content (AvgIpc) is 3.13. The van der Waals surface area contributed by atoms with Gasteiger partial charge in [0.05, 0.1) is 5.69 Å². The van der Waals surface area contributed by atoms with Crippen LogP contribution in [0.4, 0.5) is 0 Å². The Morgan fingerprint density at radius 1 is 1.24 bits per heavy atom. The Balaban J connectivity index is 1.48. The molecule has 0 aliphatic rings. The second kappa shape index (κ2) is 8.23. The Bertz CT molecular complexity index is 869. The lowest BCUT2D eigenvalue weighted by molar-refractivity contribution is -0.124. The predicted molar refractivity (Wildman–Crippen MR) is 96.9 cm³/mol. The van der Waals surface area contributed by atoms with Crippen molar-refractivity contribution in [1.82, 2.24) is 20.8 Å². The number of fused-ring (bicyclic) bond motifs is 1. The highest BCUT2D eigenvalue weighted by Gasteiger charge is 2.01. The van der Waals surface area contributed by atoms with Gasteiger partial charge in [0.1, 0.15) is 0 Å². The Kier molecular flexibility index (Phi) is 5.56. The highest BCUT2D eigenvalue weighted by Crippen LogP contribution is 2.17. The van der Waals surface area contributed by atoms with Gasteiger partial charge < -0.3 is 10.3 Å². The van der Waals surface area contributed by atoms with Gasteiger partial charge in [-0.05, 0) is 48.4 Å². The first-order valence-electron chi connectivity index (χ1n) is 8.09. The molecule has 4 N–H and O–H groups in total. The average molecular weight is 336 g/mol. The molecular weight excluding hydrogens is 316 g/mol. The van der Waals surface area contributed by atoms with Crippen molar-refractivity contribution in [3.8, 4) is 0 Å². The summed E-state index contributed by atoms with van der Waals surface area (Å²) in [6.45, 7) is 1.61. The molecule has 0 fully saturated rings. The van der Waals surface area contributed by atoms with Gasteiger partial charge in [0.15, 0.2) is 0 Å². The maximum Gasteiger partial charge on any atom is 0.267 e. The summed E-state index contributed by atoms with van der Waals surface area (Å²) >= 11 is 0. The van der Waals surface area contributed by atoms with Gasteiger partial charge in [-0.3, -0.25) is 15.0 Å². The van der Waals surface area contributed by atoms with Gasteiger partial charge >= 0.3 is 0 Å². The number of nitrogens with zero attached hydrogens (tertiary/aromatic N) is 1. The molecule has 128 valence electrons. The topological polar surface area (TPSA) is 90.0 Å². The third-order valence-corrected chi connectivity index (χ3v) is 3.95. The van der Waals surface area contributed by atoms with Crippen LogP contribution in [0.15, 0.2) is 54.9 Å². The van der Waals surface area contributed by atoms with E-state index < -0.39 is 5.91 Å². The number of carbonyl (C=O) groups is 1. The summed E-state index contributed by atoms with van der Waals surface area (Å²) in [5.74, 6) is -0.579. The van der Waals surface area contributed by atoms with Crippen molar-refractivity contribution in [2.24, 2.45) is 0 Å². The summed E-state index contributed by atoms with van der Waals surface area (Å²) in [5.41, 5.74) is 5.76. The number of hydrogen-bond acceptors (Lipinski definition) is 4. The third-order valence-electron chi connectivity index (χ3n) is 3.95. The van der Waals surface area contributed by atoms with E-state index >= 15 is 0 Å². The molecule has 0 bridgehead atoms. The minimum absolute atomic E-state index is 0.579. The summed E-state index contributed by atoms with van der Waals surface area (Å²) in [7, 11) is 0. The molecule has 0 saturated carbocycles. The van der Waals surface area contributed by atoms with Crippen LogP contribution < -0.4 is 10.8 Å². The summed E-state index contributed by atoms with van der Waals surface area (Å²) in [6, 6.07) is 12.2. The number of carbonyl (C=O) groups excluding carboxylic acids is 1. The molecule has 6 heteroatoms. The number of nitrogens with one attached hydrogen (secondary N) is 3. The van der Waals surface area contributed by atoms with Crippen molar-refractivity contribution in [2.75, 3.05) is 6.54 Å². The van der Waals surface area contributed by atoms with Gasteiger partial charge in [-0.25, -0.2) is 5.48 Å². The monoisotopic (exact) mass is 336 g/mol. The molecule has 0 radical (unpaired) electrons. The van der Waals surface area contributed by atoms with E-state index in [0.717, 1.165) is 25.1 Å². The summed E-state index contributed by atoms with van der Waals surface area (Å²) in [5, 5.41) is 13.1. The van der Waals surface area contributed by atoms with Crippen LogP contribution in [0, 0.1) is 0 Å². The first-order chi connectivity index (χ1) is 12.3. The van der Waals surface area contributed by atoms with Crippen molar-refractivity contribution in [1.29, 1.82) is 0 Å². The van der Waals surface area contributed by atoms with Crippen LogP contribution in [0.25, 0.3) is 17.0 Å². The summed E-state index contributed by atoms with van der Waals surface area (Å²) in [4.78, 5) is 18.4. The molecule has 3 aromatic rings. The highest BCUT2D eigenvalue weighted by molar-refractivity contribution is 5.90. The molecule has 2 heterocycles. The van der Waals surface area contributed by atoms with Crippen LogP contribution in [0.2, 0.25) is 0 Å². The van der Waals surface area contributed by atoms with Crippen LogP contribution in [0.5, 0.6) is 0 Å². The third kappa shape index (κ3) is 4.53. The number of benzene rings is 1. The molecule has 0 aliphatic carbocycles. The largest absolute Gasteiger partial charge is 0.361 e. The van der Waals surface area contributed by atoms with Crippen molar-refractivity contribution in [3.63, 3.8) is 0 Å². The molecule has 0 unspecified atom stereocenters. The fourth-order valence-corrected chi connectivity index (χ4v) is 2.66. The summed E-state index contributed by atoms with van der Waals surface area (Å²) in [6.07, 6.45) is 7.46. The number of hydrogen-bond donors (Lipinski definition) is 4. The Hall–Kier alpha value is -2.96. The van der Waals surface area contributed by atoms with Gasteiger partial charge in [0.2, 0.25) is 0 Å². The Morgan fingerprint density at radius 2 is 2.16 bits per heavy atom. The summed E-state index contributed by atoms with van der Waals surface area (Å²) < 4.78 is 0. The van der Waals surface area contributed by atoms with Gasteiger partial charge in [0.25, 0.3) is 5.91 Å². The molecular formula is C19H20N4O2. The van der Waals surface area contributed by atoms with E-state index in [1.54, 1.807) is 12.3 Å². The Labute approximate surface area is 145 Å². The molecule has 3 rings (SSSR count). The van der Waals surface area contributed by atoms with Crippen LogP contribution in [0.3, 0.4) is 0 Å². The van der Waals surface area contributed by atoms with E-state index in [1.165, 1.54) is 28.0 Å². The molecule has 6 nitrogen and oxygen atoms in total. The normalized spacial score (nSPS) is 11.2. The quantitative estimate of drug-likeness (QED) is 0.231. The SMILES string of the molecule is O=C(/C=C/c1ccc(CNCCc2cccc3[nH]ccc23)cn1)NO. The number of pyridine rings is 1. The van der Waals surface area contributed by atoms with E-state index in [1.807, 2.05) is 18.3 Å². The second-order valence-corrected chi connectivity index (χ2v) is 5.68. The minimum Gasteiger partial charge on any atom is -0.361 e. The van der Waals surface area contributed by atoms with E-state index in [4.69, 9.17) is 5.21 Å². The smallest absolute Gasteiger partial charge is 0.267 e. The first kappa shape index (κ1) is 16.9. The molecule has 25 heavy (non-hydrogen) atoms. The highest BCUT2D eigenvalue weighted by atomic mass is 16.5. The number of aromatic nitrogens is 2. The van der Waals surface area contributed by atoms with Crippen LogP contribution in [0.1, 0.15) is 16.8 Å². The second-order valence-electron chi connectivity index (χ2n) is 5.68. The zero-order valence-corrected chi connectivity index (χ0v) is 13.7. The lowest BCUT2D eigenvalue weighted by Crippen LogP contribution is -2.17. The first-order valence-corrected chi connectivity index (χ1v) is 8.09. The lowest BCUT2D eigenvalue weighted by atomic mass is 10.1. The van der Waals surface area contributed by atoms with Crippen molar-refractivity contribution in [2.45, 2.75) is 13.0 Å². The molecule has 0 spiro atoms. The van der Waals surface area contributed by atoms with Gasteiger partial charge in [0, 0.05) is 35.9 Å². The van der Waals surface area contributed by atoms with Crippen molar-refractivity contribution >= 4 is 22.9 Å². The van der Waals surface area contributed by atoms with E-state index in [2.05, 4.69) is 39.6 Å². The van der Waals surface area contributed by atoms with Crippen LogP contribution >= 0.6 is 0 Å². The zero-order valence-electron chi connectivity index (χ0n) is 13.7. The molecule has 0 aliphatic heterocycles. The predicted octanol–water partition coefficient (Wildman–Crippen LogP) is 2.41. The van der Waals surface area contributed by atoms with E-state index in [-0.39, 0.29) is 0 Å². The fraction of sp³-hybridized carbons (Fsp3) is 0.158. The number of hydroxylamine groups is 1. The van der Waals surface area contributed by atoms with Gasteiger partial charge in [-0.2, -0.15) is 0 Å². The van der Waals surface area contributed by atoms with E-state index in [9.17, 15) is 4.79 Å². The molecule has 1 amide bonds. The Morgan fingerprint density at radius 3 is 2.96 bits per heavy atom. The van der Waals surface area contributed by atoms with Gasteiger partial charge in [-0.15, -0.1) is 0 Å². The molecule has 1 aromatic carbocycles. The number of aromatic amines is 1. The van der Waals surface area contributed by atoms with Crippen LogP contribution in [-0.4, -0.2) is 27.6 Å². The van der Waals surface area contributed by atoms with Crippen LogP contribution in [-0.2, 0) is 17.8 Å². The van der Waals surface area contributed by atoms with E-state index in [0.29, 0.717) is 5.69 Å². The molecule has 0 atom stereocenters. The number of rotatable bonds is 7. The molecule has 2 aromatic heterocycles. The maximum absolute atomic E-state index is 10.9. The minimum atomic E-state index is -0.579. The number of amides is 1. The van der Waals surface area contributed by atoms with Gasteiger partial charge in [-0.1, -0.05) is 18.2 Å². The maximum atomic E-state index is 10.9. The number of H-pyrrole nitrogens is 1. The fourth-order valence-electron chi connectivity index (χ4n) is 2.66. The standard InChI is InChI=1S/C19H20N4O2/c24-19(23-25)7-6-16-5-4-14(13-22-16)12-20-10-8-15-2-1-3-18-17(15)9-11-21-18/h1-7,9,11,13,20-21,25H,8,10,12H2,(H,23,24)/b7-6+. The lowest BCUT2D eigenvalue weighted by Gasteiger charge is -2.06.